The smallest absolute Gasteiger partial charge is 0.462 e. The van der Waals surface area contributed by atoms with Crippen LogP contribution in [0.15, 0.2) is 0 Å². The van der Waals surface area contributed by atoms with E-state index >= 15 is 0 Å². The number of hydrogen-bond acceptors (Lipinski definition) is 6. The van der Waals surface area contributed by atoms with Gasteiger partial charge in [-0.15, -0.1) is 0 Å². The lowest BCUT2D eigenvalue weighted by molar-refractivity contribution is -0.255. The molecule has 4 rings (SSSR count). The van der Waals surface area contributed by atoms with Crippen LogP contribution >= 0.6 is 0 Å². The average molecular weight is 416 g/mol. The lowest BCUT2D eigenvalue weighted by Gasteiger charge is -2.55. The number of hydrogen-bond donors (Lipinski definition) is 0. The van der Waals surface area contributed by atoms with Crippen LogP contribution in [-0.2, 0) is 28.6 Å². The van der Waals surface area contributed by atoms with Gasteiger partial charge in [0.05, 0.1) is 11.3 Å². The summed E-state index contributed by atoms with van der Waals surface area (Å²) in [5.74, 6) is -2.55. The Labute approximate surface area is 169 Å². The van der Waals surface area contributed by atoms with Gasteiger partial charge in [0, 0.05) is 0 Å². The van der Waals surface area contributed by atoms with Gasteiger partial charge in [-0.3, -0.25) is 9.59 Å². The summed E-state index contributed by atoms with van der Waals surface area (Å²) in [7, 11) is 0. The molecule has 0 saturated heterocycles. The van der Waals surface area contributed by atoms with Gasteiger partial charge in [0.2, 0.25) is 0 Å². The monoisotopic (exact) mass is 416 g/mol. The van der Waals surface area contributed by atoms with Crippen molar-refractivity contribution in [2.45, 2.75) is 65.4 Å². The van der Waals surface area contributed by atoms with E-state index in [0.29, 0.717) is 37.0 Å². The quantitative estimate of drug-likeness (QED) is 0.341. The van der Waals surface area contributed by atoms with Gasteiger partial charge in [0.25, 0.3) is 0 Å². The highest BCUT2D eigenvalue weighted by Gasteiger charge is 2.58. The first-order valence-electron chi connectivity index (χ1n) is 10.5. The van der Waals surface area contributed by atoms with Crippen LogP contribution in [0.25, 0.3) is 0 Å². The van der Waals surface area contributed by atoms with Crippen molar-refractivity contribution < 1.29 is 37.4 Å². The lowest BCUT2D eigenvalue weighted by atomic mass is 9.49. The minimum atomic E-state index is -4.35. The molecule has 0 radical (unpaired) electrons. The SMILES string of the molecule is CC(C)C(C)C(=O)OCCOC(=O)C(F)(F)OC(=O)C12CC3CC(CC(C3)C1)C2. The highest BCUT2D eigenvalue weighted by Crippen LogP contribution is 2.60. The van der Waals surface area contributed by atoms with Crippen LogP contribution in [0.1, 0.15) is 59.3 Å². The molecule has 4 fully saturated rings. The second-order valence-corrected chi connectivity index (χ2v) is 9.44. The summed E-state index contributed by atoms with van der Waals surface area (Å²) in [4.78, 5) is 36.0. The molecule has 6 nitrogen and oxygen atoms in total. The maximum atomic E-state index is 14.1. The van der Waals surface area contributed by atoms with E-state index in [0.717, 1.165) is 19.3 Å². The van der Waals surface area contributed by atoms with E-state index in [1.165, 1.54) is 0 Å². The Bertz CT molecular complexity index is 624. The van der Waals surface area contributed by atoms with Crippen LogP contribution in [0.5, 0.6) is 0 Å². The van der Waals surface area contributed by atoms with Gasteiger partial charge in [0.1, 0.15) is 13.2 Å². The molecule has 4 aliphatic rings. The van der Waals surface area contributed by atoms with Crippen molar-refractivity contribution in [3.05, 3.63) is 0 Å². The first-order valence-corrected chi connectivity index (χ1v) is 10.5. The summed E-state index contributed by atoms with van der Waals surface area (Å²) in [5, 5.41) is 0. The van der Waals surface area contributed by atoms with Gasteiger partial charge in [-0.25, -0.2) is 4.79 Å². The van der Waals surface area contributed by atoms with Crippen LogP contribution in [0, 0.1) is 35.0 Å². The summed E-state index contributed by atoms with van der Waals surface area (Å²) in [5.41, 5.74) is -0.888. The maximum absolute atomic E-state index is 14.1. The molecule has 164 valence electrons. The first-order chi connectivity index (χ1) is 13.5. The molecule has 0 aromatic rings. The molecule has 0 amide bonds. The van der Waals surface area contributed by atoms with Crippen LogP contribution in [0.3, 0.4) is 0 Å². The Hall–Kier alpha value is -1.73. The highest BCUT2D eigenvalue weighted by atomic mass is 19.3. The fraction of sp³-hybridized carbons (Fsp3) is 0.857. The van der Waals surface area contributed by atoms with E-state index in [2.05, 4.69) is 9.47 Å². The molecule has 0 heterocycles. The zero-order valence-corrected chi connectivity index (χ0v) is 17.2. The van der Waals surface area contributed by atoms with Crippen molar-refractivity contribution in [3.63, 3.8) is 0 Å². The Morgan fingerprint density at radius 2 is 1.41 bits per heavy atom. The van der Waals surface area contributed by atoms with E-state index in [1.54, 1.807) is 6.92 Å². The van der Waals surface area contributed by atoms with Gasteiger partial charge in [-0.2, -0.15) is 8.78 Å². The van der Waals surface area contributed by atoms with Crippen molar-refractivity contribution in [1.82, 2.24) is 0 Å². The summed E-state index contributed by atoms with van der Waals surface area (Å²) < 4.78 is 42.1. The van der Waals surface area contributed by atoms with E-state index in [-0.39, 0.29) is 18.4 Å². The van der Waals surface area contributed by atoms with Gasteiger partial charge in [-0.05, 0) is 62.2 Å². The van der Waals surface area contributed by atoms with Gasteiger partial charge in [0.15, 0.2) is 0 Å². The van der Waals surface area contributed by atoms with E-state index < -0.39 is 36.0 Å². The Balaban J connectivity index is 1.47. The van der Waals surface area contributed by atoms with Crippen molar-refractivity contribution in [3.8, 4) is 0 Å². The fourth-order valence-electron chi connectivity index (χ4n) is 5.39. The summed E-state index contributed by atoms with van der Waals surface area (Å²) >= 11 is 0. The van der Waals surface area contributed by atoms with Crippen molar-refractivity contribution in [2.75, 3.05) is 13.2 Å². The second-order valence-electron chi connectivity index (χ2n) is 9.44. The van der Waals surface area contributed by atoms with Crippen molar-refractivity contribution >= 4 is 17.9 Å². The molecule has 1 unspecified atom stereocenters. The largest absolute Gasteiger partial charge is 0.504 e. The molecule has 0 spiro atoms. The number of carbonyl (C=O) groups is 3. The summed E-state index contributed by atoms with van der Waals surface area (Å²) in [6.45, 7) is 4.53. The van der Waals surface area contributed by atoms with Crippen molar-refractivity contribution in [1.29, 1.82) is 0 Å². The third kappa shape index (κ3) is 4.72. The molecule has 0 aromatic carbocycles. The number of esters is 3. The zero-order valence-electron chi connectivity index (χ0n) is 17.2. The minimum Gasteiger partial charge on any atom is -0.462 e. The molecule has 4 aliphatic carbocycles. The van der Waals surface area contributed by atoms with Gasteiger partial charge in [-0.1, -0.05) is 20.8 Å². The third-order valence-corrected chi connectivity index (χ3v) is 6.86. The lowest BCUT2D eigenvalue weighted by Crippen LogP contribution is -2.52. The maximum Gasteiger partial charge on any atom is 0.504 e. The van der Waals surface area contributed by atoms with E-state index in [4.69, 9.17) is 4.74 Å². The second kappa shape index (κ2) is 8.19. The first kappa shape index (κ1) is 22.0. The summed E-state index contributed by atoms with van der Waals surface area (Å²) in [6.07, 6.45) is 0.500. The molecule has 0 N–H and O–H groups in total. The van der Waals surface area contributed by atoms with Crippen molar-refractivity contribution in [2.24, 2.45) is 35.0 Å². The Morgan fingerprint density at radius 3 is 1.90 bits per heavy atom. The molecular weight excluding hydrogens is 386 g/mol. The Morgan fingerprint density at radius 1 is 0.931 bits per heavy atom. The van der Waals surface area contributed by atoms with Gasteiger partial charge < -0.3 is 14.2 Å². The fourth-order valence-corrected chi connectivity index (χ4v) is 5.39. The molecule has 8 heteroatoms. The molecule has 0 aliphatic heterocycles. The number of ether oxygens (including phenoxy) is 3. The number of rotatable bonds is 8. The average Bonchev–Trinajstić information content (AvgIpc) is 2.62. The van der Waals surface area contributed by atoms with Crippen LogP contribution in [0.2, 0.25) is 0 Å². The minimum absolute atomic E-state index is 0.0679. The van der Waals surface area contributed by atoms with Crippen LogP contribution in [-0.4, -0.2) is 37.2 Å². The number of halogens is 2. The molecule has 4 bridgehead atoms. The number of carbonyl (C=O) groups excluding carboxylic acids is 3. The molecule has 0 aromatic heterocycles. The molecular formula is C21H30F2O6. The predicted octanol–water partition coefficient (Wildman–Crippen LogP) is 3.72. The van der Waals surface area contributed by atoms with E-state index in [9.17, 15) is 23.2 Å². The third-order valence-electron chi connectivity index (χ3n) is 6.86. The highest BCUT2D eigenvalue weighted by molar-refractivity contribution is 5.83. The predicted molar refractivity (Wildman–Crippen MR) is 97.6 cm³/mol. The standard InChI is InChI=1S/C21H30F2O6/c1-12(2)13(3)17(24)27-4-5-28-19(26)21(22,23)29-18(25)20-9-14-6-15(10-20)8-16(7-14)11-20/h12-16H,4-11H2,1-3H3. The van der Waals surface area contributed by atoms with Gasteiger partial charge >= 0.3 is 24.0 Å². The molecule has 4 saturated carbocycles. The number of alkyl halides is 2. The normalized spacial score (nSPS) is 31.4. The molecule has 1 atom stereocenters. The van der Waals surface area contributed by atoms with E-state index in [1.807, 2.05) is 13.8 Å². The topological polar surface area (TPSA) is 78.9 Å². The van der Waals surface area contributed by atoms with Crippen LogP contribution in [0.4, 0.5) is 8.78 Å². The zero-order chi connectivity index (χ0) is 21.4. The Kier molecular flexibility index (Phi) is 6.20. The molecule has 29 heavy (non-hydrogen) atoms. The van der Waals surface area contributed by atoms with Crippen LogP contribution < -0.4 is 0 Å². The summed E-state index contributed by atoms with van der Waals surface area (Å²) in [6, 6.07) is 0.